The number of carbonyl (C=O) groups is 3. The monoisotopic (exact) mass is 708 g/mol. The van der Waals surface area contributed by atoms with Gasteiger partial charge in [-0.3, -0.25) is 4.79 Å². The highest BCUT2D eigenvalue weighted by Crippen LogP contribution is 2.67. The molecule has 1 heterocycles. The molecule has 51 heavy (non-hydrogen) atoms. The number of allylic oxidation sites excluding steroid dienone is 2. The summed E-state index contributed by atoms with van der Waals surface area (Å²) in [6, 6.07) is 3.95. The SMILES string of the molecule is CCCCCCCC/C=C\CCCCCCCC(=O)O[C@@H](C)C(=O)O[C@@H](C)C(=O)OC1=CC[C@]2(O)[C@H]3CCC[C@]24c2c(ccc(OC)c2O[C@H]14)C3. The molecule has 1 aromatic carbocycles. The van der Waals surface area contributed by atoms with Gasteiger partial charge in [-0.15, -0.1) is 0 Å². The van der Waals surface area contributed by atoms with Gasteiger partial charge in [0, 0.05) is 12.0 Å². The van der Waals surface area contributed by atoms with E-state index in [1.165, 1.54) is 58.8 Å². The van der Waals surface area contributed by atoms with Gasteiger partial charge in [0.2, 0.25) is 0 Å². The molecule has 0 unspecified atom stereocenters. The first-order chi connectivity index (χ1) is 24.7. The van der Waals surface area contributed by atoms with Crippen molar-refractivity contribution >= 4 is 17.9 Å². The third-order valence-electron chi connectivity index (χ3n) is 11.6. The molecule has 6 atom stereocenters. The van der Waals surface area contributed by atoms with Gasteiger partial charge < -0.3 is 28.8 Å². The minimum absolute atomic E-state index is 0.0682. The van der Waals surface area contributed by atoms with Gasteiger partial charge in [-0.2, -0.15) is 0 Å². The molecule has 0 amide bonds. The van der Waals surface area contributed by atoms with Gasteiger partial charge in [-0.25, -0.2) is 9.59 Å². The van der Waals surface area contributed by atoms with Crippen LogP contribution in [0.2, 0.25) is 0 Å². The van der Waals surface area contributed by atoms with Crippen molar-refractivity contribution in [3.63, 3.8) is 0 Å². The maximum Gasteiger partial charge on any atom is 0.352 e. The second kappa shape index (κ2) is 17.9. The summed E-state index contributed by atoms with van der Waals surface area (Å²) in [6.45, 7) is 5.12. The fourth-order valence-corrected chi connectivity index (χ4v) is 8.84. The van der Waals surface area contributed by atoms with Crippen LogP contribution >= 0.6 is 0 Å². The minimum Gasteiger partial charge on any atom is -0.493 e. The lowest BCUT2D eigenvalue weighted by Crippen LogP contribution is -2.67. The number of carbonyl (C=O) groups excluding carboxylic acids is 3. The van der Waals surface area contributed by atoms with Crippen molar-refractivity contribution in [2.24, 2.45) is 5.92 Å². The van der Waals surface area contributed by atoms with Crippen LogP contribution in [0.3, 0.4) is 0 Å². The van der Waals surface area contributed by atoms with Crippen LogP contribution in [0.5, 0.6) is 11.5 Å². The van der Waals surface area contributed by atoms with E-state index in [1.807, 2.05) is 6.07 Å². The van der Waals surface area contributed by atoms with Gasteiger partial charge in [0.15, 0.2) is 29.8 Å². The predicted octanol–water partition coefficient (Wildman–Crippen LogP) is 8.51. The average molecular weight is 709 g/mol. The Morgan fingerprint density at radius 1 is 0.922 bits per heavy atom. The number of methoxy groups -OCH3 is 1. The Balaban J connectivity index is 1.01. The van der Waals surface area contributed by atoms with Gasteiger partial charge in [0.25, 0.3) is 0 Å². The van der Waals surface area contributed by atoms with Gasteiger partial charge in [0.1, 0.15) is 5.76 Å². The zero-order valence-corrected chi connectivity index (χ0v) is 31.3. The first kappa shape index (κ1) is 38.9. The molecule has 1 spiro atoms. The van der Waals surface area contributed by atoms with Crippen LogP contribution in [0.4, 0.5) is 0 Å². The van der Waals surface area contributed by atoms with E-state index in [1.54, 1.807) is 13.2 Å². The standard InChI is InChI=1S/C42H60O9/c1-5-6-7-8-9-10-11-12-13-14-15-16-17-18-19-22-35(43)48-29(2)39(44)49-30(3)40(45)50-34-25-27-42(46)32-21-20-26-41(42)36-31(28-32)23-24-33(47-4)37(36)51-38(34)41/h12-13,23-25,29-30,32,38,46H,5-11,14-22,26-28H2,1-4H3/b13-12-/t29-,30-,32-,38+,41+,42-/m0/s1. The molecule has 4 aliphatic rings. The Labute approximate surface area is 304 Å². The number of esters is 3. The Morgan fingerprint density at radius 2 is 1.59 bits per heavy atom. The summed E-state index contributed by atoms with van der Waals surface area (Å²) in [5, 5.41) is 12.2. The molecule has 0 aromatic heterocycles. The van der Waals surface area contributed by atoms with E-state index in [4.69, 9.17) is 23.7 Å². The Hall–Kier alpha value is -3.33. The molecule has 9 nitrogen and oxygen atoms in total. The number of hydrogen-bond acceptors (Lipinski definition) is 9. The number of unbranched alkanes of at least 4 members (excludes halogenated alkanes) is 11. The van der Waals surface area contributed by atoms with Crippen LogP contribution in [0.15, 0.2) is 36.1 Å². The number of ether oxygens (including phenoxy) is 5. The summed E-state index contributed by atoms with van der Waals surface area (Å²) in [6.07, 6.45) is 22.3. The van der Waals surface area contributed by atoms with E-state index in [-0.39, 0.29) is 12.3 Å². The highest BCUT2D eigenvalue weighted by atomic mass is 16.6. The lowest BCUT2D eigenvalue weighted by atomic mass is 9.47. The molecule has 3 aliphatic carbocycles. The fourth-order valence-electron chi connectivity index (χ4n) is 8.84. The predicted molar refractivity (Wildman–Crippen MR) is 194 cm³/mol. The zero-order chi connectivity index (χ0) is 36.4. The normalized spacial score (nSPS) is 25.3. The van der Waals surface area contributed by atoms with Gasteiger partial charge >= 0.3 is 17.9 Å². The van der Waals surface area contributed by atoms with E-state index < -0.39 is 47.2 Å². The van der Waals surface area contributed by atoms with Crippen LogP contribution < -0.4 is 9.47 Å². The van der Waals surface area contributed by atoms with E-state index in [0.717, 1.165) is 62.5 Å². The van der Waals surface area contributed by atoms with Crippen LogP contribution in [0.1, 0.15) is 147 Å². The highest BCUT2D eigenvalue weighted by molar-refractivity contribution is 5.83. The van der Waals surface area contributed by atoms with Crippen LogP contribution in [-0.4, -0.2) is 54.0 Å². The van der Waals surface area contributed by atoms with Crippen LogP contribution in [0, 0.1) is 5.92 Å². The lowest BCUT2D eigenvalue weighted by Gasteiger charge is -2.59. The fraction of sp³-hybridized carbons (Fsp3) is 0.690. The third kappa shape index (κ3) is 8.50. The number of aliphatic hydroxyl groups is 1. The number of hydrogen-bond donors (Lipinski definition) is 1. The molecular formula is C42H60O9. The van der Waals surface area contributed by atoms with Crippen LogP contribution in [0.25, 0.3) is 0 Å². The molecule has 282 valence electrons. The Bertz CT molecular complexity index is 1430. The highest BCUT2D eigenvalue weighted by Gasteiger charge is 2.71. The van der Waals surface area contributed by atoms with Crippen LogP contribution in [-0.2, 0) is 40.4 Å². The molecule has 1 aliphatic heterocycles. The number of rotatable bonds is 21. The first-order valence-corrected chi connectivity index (χ1v) is 19.7. The molecule has 2 bridgehead atoms. The van der Waals surface area contributed by atoms with E-state index >= 15 is 0 Å². The average Bonchev–Trinajstić information content (AvgIpc) is 3.46. The quantitative estimate of drug-likeness (QED) is 0.0581. The summed E-state index contributed by atoms with van der Waals surface area (Å²) in [7, 11) is 1.59. The van der Waals surface area contributed by atoms with E-state index in [2.05, 4.69) is 25.1 Å². The van der Waals surface area contributed by atoms with Gasteiger partial charge in [0.05, 0.1) is 18.1 Å². The Morgan fingerprint density at radius 3 is 2.29 bits per heavy atom. The van der Waals surface area contributed by atoms with E-state index in [9.17, 15) is 19.5 Å². The van der Waals surface area contributed by atoms with Crippen molar-refractivity contribution in [3.05, 3.63) is 47.2 Å². The van der Waals surface area contributed by atoms with Crippen molar-refractivity contribution in [1.29, 1.82) is 0 Å². The smallest absolute Gasteiger partial charge is 0.352 e. The molecule has 0 saturated heterocycles. The summed E-state index contributed by atoms with van der Waals surface area (Å²) in [5.41, 5.74) is 0.310. The van der Waals surface area contributed by atoms with Crippen molar-refractivity contribution in [2.45, 2.75) is 172 Å². The van der Waals surface area contributed by atoms with Crippen molar-refractivity contribution < 1.29 is 43.2 Å². The second-order valence-corrected chi connectivity index (χ2v) is 15.1. The second-order valence-electron chi connectivity index (χ2n) is 15.1. The van der Waals surface area contributed by atoms with Crippen molar-refractivity contribution in [1.82, 2.24) is 0 Å². The molecule has 1 N–H and O–H groups in total. The summed E-state index contributed by atoms with van der Waals surface area (Å²) in [5.74, 6) is -0.491. The summed E-state index contributed by atoms with van der Waals surface area (Å²) in [4.78, 5) is 38.4. The summed E-state index contributed by atoms with van der Waals surface area (Å²) < 4.78 is 28.7. The molecular weight excluding hydrogens is 648 g/mol. The molecule has 1 fully saturated rings. The largest absolute Gasteiger partial charge is 0.493 e. The number of benzene rings is 1. The maximum atomic E-state index is 13.3. The van der Waals surface area contributed by atoms with Gasteiger partial charge in [-0.1, -0.05) is 82.9 Å². The van der Waals surface area contributed by atoms with E-state index in [0.29, 0.717) is 36.5 Å². The first-order valence-electron chi connectivity index (χ1n) is 19.7. The molecule has 9 heteroatoms. The lowest BCUT2D eigenvalue weighted by molar-refractivity contribution is -0.178. The van der Waals surface area contributed by atoms with Gasteiger partial charge in [-0.05, 0) is 95.3 Å². The minimum atomic E-state index is -1.25. The third-order valence-corrected chi connectivity index (χ3v) is 11.6. The topological polar surface area (TPSA) is 118 Å². The van der Waals surface area contributed by atoms with Crippen molar-refractivity contribution in [2.75, 3.05) is 7.11 Å². The molecule has 0 radical (unpaired) electrons. The summed E-state index contributed by atoms with van der Waals surface area (Å²) >= 11 is 0. The molecule has 1 aromatic rings. The molecule has 1 saturated carbocycles. The molecule has 5 rings (SSSR count). The maximum absolute atomic E-state index is 13.3. The van der Waals surface area contributed by atoms with Crippen molar-refractivity contribution in [3.8, 4) is 11.5 Å². The Kier molecular flexibility index (Phi) is 13.7. The zero-order valence-electron chi connectivity index (χ0n) is 31.3.